The second kappa shape index (κ2) is 9.38. The van der Waals surface area contributed by atoms with Gasteiger partial charge in [0.2, 0.25) is 0 Å². The van der Waals surface area contributed by atoms with Crippen LogP contribution in [0.25, 0.3) is 0 Å². The molecule has 1 aromatic carbocycles. The number of carbonyl (C=O) groups is 1. The van der Waals surface area contributed by atoms with E-state index in [1.54, 1.807) is 0 Å². The third kappa shape index (κ3) is 4.71. The first-order chi connectivity index (χ1) is 12.8. The number of nitrogens with one attached hydrogen (secondary N) is 1. The van der Waals surface area contributed by atoms with Crippen LogP contribution in [0.3, 0.4) is 0 Å². The zero-order valence-corrected chi connectivity index (χ0v) is 16.5. The summed E-state index contributed by atoms with van der Waals surface area (Å²) in [7, 11) is 0. The van der Waals surface area contributed by atoms with Gasteiger partial charge in [0, 0.05) is 25.8 Å². The van der Waals surface area contributed by atoms with E-state index in [1.807, 2.05) is 21.8 Å². The summed E-state index contributed by atoms with van der Waals surface area (Å²) >= 11 is 0. The van der Waals surface area contributed by atoms with E-state index >= 15 is 0 Å². The van der Waals surface area contributed by atoms with E-state index in [9.17, 15) is 4.79 Å². The van der Waals surface area contributed by atoms with Crippen LogP contribution in [0, 0.1) is 0 Å². The van der Waals surface area contributed by atoms with Gasteiger partial charge in [-0.05, 0) is 56.2 Å². The highest BCUT2D eigenvalue weighted by molar-refractivity contribution is 5.92. The first-order valence-electron chi connectivity index (χ1n) is 9.91. The van der Waals surface area contributed by atoms with Gasteiger partial charge in [-0.15, -0.1) is 12.4 Å². The van der Waals surface area contributed by atoms with Gasteiger partial charge in [0.25, 0.3) is 5.91 Å². The summed E-state index contributed by atoms with van der Waals surface area (Å²) in [5.74, 6) is 0.640. The van der Waals surface area contributed by atoms with Gasteiger partial charge in [0.15, 0.2) is 0 Å². The third-order valence-corrected chi connectivity index (χ3v) is 5.76. The summed E-state index contributed by atoms with van der Waals surface area (Å²) < 4.78 is 1.98. The molecule has 0 radical (unpaired) electrons. The van der Waals surface area contributed by atoms with Crippen LogP contribution in [0.1, 0.15) is 60.1 Å². The molecular weight excluding hydrogens is 360 g/mol. The van der Waals surface area contributed by atoms with E-state index in [-0.39, 0.29) is 18.3 Å². The lowest BCUT2D eigenvalue weighted by Gasteiger charge is -2.23. The Balaban J connectivity index is 0.00000210. The first-order valence-corrected chi connectivity index (χ1v) is 9.91. The molecule has 1 aromatic heterocycles. The van der Waals surface area contributed by atoms with E-state index in [4.69, 9.17) is 0 Å². The molecule has 2 aromatic rings. The molecule has 0 aliphatic carbocycles. The Kier molecular flexibility index (Phi) is 6.91. The number of carbonyl (C=O) groups excluding carboxylic acids is 1. The number of rotatable bonds is 3. The van der Waals surface area contributed by atoms with Crippen LogP contribution in [-0.4, -0.2) is 46.8 Å². The van der Waals surface area contributed by atoms with Crippen molar-refractivity contribution >= 4 is 18.3 Å². The molecular formula is C21H29ClN4O. The number of benzene rings is 1. The maximum atomic E-state index is 12.9. The molecule has 2 aliphatic rings. The lowest BCUT2D eigenvalue weighted by molar-refractivity contribution is 0.0753. The van der Waals surface area contributed by atoms with Gasteiger partial charge in [-0.25, -0.2) is 0 Å². The lowest BCUT2D eigenvalue weighted by atomic mass is 9.92. The fraction of sp³-hybridized carbons (Fsp3) is 0.524. The molecule has 0 spiro atoms. The van der Waals surface area contributed by atoms with Gasteiger partial charge in [-0.2, -0.15) is 5.10 Å². The molecule has 0 saturated carbocycles. The minimum absolute atomic E-state index is 0. The predicted octanol–water partition coefficient (Wildman–Crippen LogP) is 3.64. The number of piperidine rings is 1. The molecule has 2 unspecified atom stereocenters. The molecule has 2 saturated heterocycles. The van der Waals surface area contributed by atoms with Crippen molar-refractivity contribution in [1.82, 2.24) is 20.0 Å². The number of hydrogen-bond acceptors (Lipinski definition) is 3. The topological polar surface area (TPSA) is 50.2 Å². The molecule has 2 atom stereocenters. The van der Waals surface area contributed by atoms with Crippen molar-refractivity contribution < 1.29 is 4.79 Å². The first kappa shape index (κ1) is 19.9. The Labute approximate surface area is 167 Å². The zero-order chi connectivity index (χ0) is 17.8. The summed E-state index contributed by atoms with van der Waals surface area (Å²) in [5.41, 5.74) is 1.99. The number of halogens is 1. The van der Waals surface area contributed by atoms with Crippen molar-refractivity contribution in [3.63, 3.8) is 0 Å². The van der Waals surface area contributed by atoms with Crippen LogP contribution in [0.4, 0.5) is 0 Å². The summed E-state index contributed by atoms with van der Waals surface area (Å²) in [4.78, 5) is 14.9. The molecule has 27 heavy (non-hydrogen) atoms. The highest BCUT2D eigenvalue weighted by atomic mass is 35.5. The Morgan fingerprint density at radius 3 is 2.67 bits per heavy atom. The van der Waals surface area contributed by atoms with Crippen molar-refractivity contribution in [3.05, 3.63) is 53.9 Å². The second-order valence-electron chi connectivity index (χ2n) is 7.51. The molecule has 2 aliphatic heterocycles. The maximum Gasteiger partial charge on any atom is 0.274 e. The van der Waals surface area contributed by atoms with E-state index in [0.29, 0.717) is 17.7 Å². The number of likely N-dealkylation sites (tertiary alicyclic amines) is 1. The summed E-state index contributed by atoms with van der Waals surface area (Å²) in [5, 5.41) is 8.01. The third-order valence-electron chi connectivity index (χ3n) is 5.76. The normalized spacial score (nSPS) is 23.3. The highest BCUT2D eigenvalue weighted by Crippen LogP contribution is 2.28. The van der Waals surface area contributed by atoms with E-state index < -0.39 is 0 Å². The van der Waals surface area contributed by atoms with Crippen molar-refractivity contribution in [2.75, 3.05) is 26.2 Å². The predicted molar refractivity (Wildman–Crippen MR) is 110 cm³/mol. The van der Waals surface area contributed by atoms with Crippen molar-refractivity contribution in [2.45, 2.75) is 44.1 Å². The summed E-state index contributed by atoms with van der Waals surface area (Å²) in [6.07, 6.45) is 7.50. The molecule has 0 bridgehead atoms. The van der Waals surface area contributed by atoms with Crippen molar-refractivity contribution in [1.29, 1.82) is 0 Å². The largest absolute Gasteiger partial charge is 0.337 e. The van der Waals surface area contributed by atoms with Crippen LogP contribution in [0.2, 0.25) is 0 Å². The van der Waals surface area contributed by atoms with Crippen LogP contribution in [0.5, 0.6) is 0 Å². The average Bonchev–Trinajstić information content (AvgIpc) is 3.07. The Morgan fingerprint density at radius 1 is 1.04 bits per heavy atom. The number of amides is 1. The minimum Gasteiger partial charge on any atom is -0.337 e. The SMILES string of the molecule is Cl.O=C(c1ccn(C2CCCNC2)n1)N1CCCC(c2ccccc2)CC1. The van der Waals surface area contributed by atoms with Crippen LogP contribution < -0.4 is 5.32 Å². The van der Waals surface area contributed by atoms with E-state index in [1.165, 1.54) is 12.0 Å². The number of hydrogen-bond donors (Lipinski definition) is 1. The van der Waals surface area contributed by atoms with Gasteiger partial charge >= 0.3 is 0 Å². The molecule has 5 nitrogen and oxygen atoms in total. The number of aromatic nitrogens is 2. The zero-order valence-electron chi connectivity index (χ0n) is 15.7. The molecule has 6 heteroatoms. The molecule has 4 rings (SSSR count). The van der Waals surface area contributed by atoms with Gasteiger partial charge in [0.1, 0.15) is 5.69 Å². The standard InChI is InChI=1S/C21H28N4O.ClH/c26-21(20-11-15-25(23-20)19-9-4-12-22-16-19)24-13-5-8-18(10-14-24)17-6-2-1-3-7-17;/h1-3,6-7,11,15,18-19,22H,4-5,8-10,12-14,16H2;1H. The Morgan fingerprint density at radius 2 is 1.89 bits per heavy atom. The number of nitrogens with zero attached hydrogens (tertiary/aromatic N) is 3. The fourth-order valence-electron chi connectivity index (χ4n) is 4.23. The van der Waals surface area contributed by atoms with Crippen molar-refractivity contribution in [2.24, 2.45) is 0 Å². The quantitative estimate of drug-likeness (QED) is 0.873. The molecule has 146 valence electrons. The maximum absolute atomic E-state index is 12.9. The molecule has 1 amide bonds. The smallest absolute Gasteiger partial charge is 0.274 e. The molecule has 1 N–H and O–H groups in total. The summed E-state index contributed by atoms with van der Waals surface area (Å²) in [6.45, 7) is 3.67. The van der Waals surface area contributed by atoms with E-state index in [0.717, 1.165) is 51.9 Å². The average molecular weight is 389 g/mol. The molecule has 3 heterocycles. The Hall–Kier alpha value is -1.85. The highest BCUT2D eigenvalue weighted by Gasteiger charge is 2.24. The van der Waals surface area contributed by atoms with Gasteiger partial charge in [-0.3, -0.25) is 9.48 Å². The van der Waals surface area contributed by atoms with Crippen LogP contribution in [-0.2, 0) is 0 Å². The van der Waals surface area contributed by atoms with Crippen LogP contribution in [0.15, 0.2) is 42.6 Å². The minimum atomic E-state index is 0. The lowest BCUT2D eigenvalue weighted by Crippen LogP contribution is -2.33. The van der Waals surface area contributed by atoms with E-state index in [2.05, 4.69) is 40.7 Å². The van der Waals surface area contributed by atoms with Gasteiger partial charge < -0.3 is 10.2 Å². The summed E-state index contributed by atoms with van der Waals surface area (Å²) in [6, 6.07) is 13.0. The monoisotopic (exact) mass is 388 g/mol. The molecule has 2 fully saturated rings. The van der Waals surface area contributed by atoms with Crippen LogP contribution >= 0.6 is 12.4 Å². The fourth-order valence-corrected chi connectivity index (χ4v) is 4.23. The second-order valence-corrected chi connectivity index (χ2v) is 7.51. The van der Waals surface area contributed by atoms with Gasteiger partial charge in [-0.1, -0.05) is 30.3 Å². The van der Waals surface area contributed by atoms with Gasteiger partial charge in [0.05, 0.1) is 6.04 Å². The van der Waals surface area contributed by atoms with Crippen molar-refractivity contribution in [3.8, 4) is 0 Å². The Bertz CT molecular complexity index is 727.